The van der Waals surface area contributed by atoms with Gasteiger partial charge in [0.2, 0.25) is 11.8 Å². The van der Waals surface area contributed by atoms with E-state index in [1.165, 1.54) is 5.56 Å². The fourth-order valence-electron chi connectivity index (χ4n) is 2.59. The summed E-state index contributed by atoms with van der Waals surface area (Å²) in [5.74, 6) is -0.488. The van der Waals surface area contributed by atoms with Crippen LogP contribution in [0, 0.1) is 20.8 Å². The third kappa shape index (κ3) is 5.88. The van der Waals surface area contributed by atoms with Gasteiger partial charge in [0.15, 0.2) is 0 Å². The van der Waals surface area contributed by atoms with E-state index in [0.717, 1.165) is 22.4 Å². The maximum atomic E-state index is 11.8. The minimum atomic E-state index is -0.290. The van der Waals surface area contributed by atoms with Gasteiger partial charge in [-0.3, -0.25) is 9.59 Å². The van der Waals surface area contributed by atoms with Crippen molar-refractivity contribution in [2.45, 2.75) is 33.6 Å². The van der Waals surface area contributed by atoms with Gasteiger partial charge in [-0.05, 0) is 44.0 Å². The standard InChI is InChI=1S/C20H23N3O2/c1-14-11-15(2)18(16(3)12-14)13-21-23-20(25)10-9-19(24)22-17-7-5-4-6-8-17/h4-8,11-13H,9-10H2,1-3H3,(H,22,24)(H,23,25). The number of nitrogens with one attached hydrogen (secondary N) is 2. The second kappa shape index (κ2) is 8.78. The number of carbonyl (C=O) groups excluding carboxylic acids is 2. The minimum Gasteiger partial charge on any atom is -0.326 e. The van der Waals surface area contributed by atoms with E-state index in [0.29, 0.717) is 0 Å². The molecule has 0 saturated carbocycles. The quantitative estimate of drug-likeness (QED) is 0.626. The molecular weight excluding hydrogens is 314 g/mol. The first kappa shape index (κ1) is 18.4. The first-order chi connectivity index (χ1) is 12.0. The van der Waals surface area contributed by atoms with E-state index in [-0.39, 0.29) is 24.7 Å². The SMILES string of the molecule is Cc1cc(C)c(C=NNC(=O)CCC(=O)Nc2ccccc2)c(C)c1. The van der Waals surface area contributed by atoms with E-state index in [9.17, 15) is 9.59 Å². The average molecular weight is 337 g/mol. The molecule has 2 N–H and O–H groups in total. The maximum Gasteiger partial charge on any atom is 0.240 e. The van der Waals surface area contributed by atoms with Crippen LogP contribution in [-0.2, 0) is 9.59 Å². The van der Waals surface area contributed by atoms with Gasteiger partial charge in [-0.2, -0.15) is 5.10 Å². The molecular formula is C20H23N3O2. The molecule has 0 atom stereocenters. The molecule has 2 rings (SSSR count). The lowest BCUT2D eigenvalue weighted by molar-refractivity contribution is -0.124. The molecule has 130 valence electrons. The number of hydrogen-bond donors (Lipinski definition) is 2. The topological polar surface area (TPSA) is 70.6 Å². The number of para-hydroxylation sites is 1. The third-order valence-electron chi connectivity index (χ3n) is 3.76. The zero-order valence-electron chi connectivity index (χ0n) is 14.8. The number of benzene rings is 2. The van der Waals surface area contributed by atoms with Gasteiger partial charge in [0, 0.05) is 24.1 Å². The molecule has 5 heteroatoms. The van der Waals surface area contributed by atoms with E-state index in [4.69, 9.17) is 0 Å². The number of amides is 2. The highest BCUT2D eigenvalue weighted by atomic mass is 16.2. The van der Waals surface area contributed by atoms with Crippen molar-refractivity contribution in [1.82, 2.24) is 5.43 Å². The van der Waals surface area contributed by atoms with E-state index < -0.39 is 0 Å². The van der Waals surface area contributed by atoms with E-state index in [2.05, 4.69) is 28.0 Å². The van der Waals surface area contributed by atoms with Crippen molar-refractivity contribution in [1.29, 1.82) is 0 Å². The summed E-state index contributed by atoms with van der Waals surface area (Å²) in [7, 11) is 0. The molecule has 0 aliphatic carbocycles. The fraction of sp³-hybridized carbons (Fsp3) is 0.250. The highest BCUT2D eigenvalue weighted by molar-refractivity contribution is 5.93. The highest BCUT2D eigenvalue weighted by Gasteiger charge is 2.07. The van der Waals surface area contributed by atoms with Crippen LogP contribution in [-0.4, -0.2) is 18.0 Å². The van der Waals surface area contributed by atoms with E-state index >= 15 is 0 Å². The Labute approximate surface area is 148 Å². The Balaban J connectivity index is 1.80. The van der Waals surface area contributed by atoms with Gasteiger partial charge in [-0.15, -0.1) is 0 Å². The number of nitrogens with zero attached hydrogens (tertiary/aromatic N) is 1. The number of rotatable bonds is 6. The number of hydrazone groups is 1. The van der Waals surface area contributed by atoms with Crippen LogP contribution in [0.15, 0.2) is 47.6 Å². The molecule has 0 radical (unpaired) electrons. The summed E-state index contributed by atoms with van der Waals surface area (Å²) in [6.45, 7) is 6.07. The average Bonchev–Trinajstić information content (AvgIpc) is 2.56. The zero-order valence-corrected chi connectivity index (χ0v) is 14.8. The second-order valence-electron chi connectivity index (χ2n) is 6.02. The highest BCUT2D eigenvalue weighted by Crippen LogP contribution is 2.14. The lowest BCUT2D eigenvalue weighted by Crippen LogP contribution is -2.20. The molecule has 0 aliphatic heterocycles. The van der Waals surface area contributed by atoms with Crippen LogP contribution in [0.4, 0.5) is 5.69 Å². The van der Waals surface area contributed by atoms with Crippen molar-refractivity contribution < 1.29 is 9.59 Å². The Morgan fingerprint density at radius 1 is 0.960 bits per heavy atom. The van der Waals surface area contributed by atoms with Crippen LogP contribution >= 0.6 is 0 Å². The summed E-state index contributed by atoms with van der Waals surface area (Å²) >= 11 is 0. The van der Waals surface area contributed by atoms with Gasteiger partial charge < -0.3 is 5.32 Å². The molecule has 0 spiro atoms. The summed E-state index contributed by atoms with van der Waals surface area (Å²) in [4.78, 5) is 23.6. The molecule has 2 aromatic rings. The van der Waals surface area contributed by atoms with Gasteiger partial charge in [0.25, 0.3) is 0 Å². The Hall–Kier alpha value is -2.95. The monoisotopic (exact) mass is 337 g/mol. The smallest absolute Gasteiger partial charge is 0.240 e. The summed E-state index contributed by atoms with van der Waals surface area (Å²) in [5.41, 5.74) is 7.59. The predicted octanol–water partition coefficient (Wildman–Crippen LogP) is 3.48. The largest absolute Gasteiger partial charge is 0.326 e. The second-order valence-corrected chi connectivity index (χ2v) is 6.02. The van der Waals surface area contributed by atoms with Crippen LogP contribution in [0.2, 0.25) is 0 Å². The van der Waals surface area contributed by atoms with Crippen molar-refractivity contribution in [2.24, 2.45) is 5.10 Å². The molecule has 2 amide bonds. The number of anilines is 1. The summed E-state index contributed by atoms with van der Waals surface area (Å²) < 4.78 is 0. The Bertz CT molecular complexity index is 760. The molecule has 0 heterocycles. The molecule has 0 fully saturated rings. The molecule has 0 aromatic heterocycles. The normalized spacial score (nSPS) is 10.7. The van der Waals surface area contributed by atoms with Gasteiger partial charge in [0.1, 0.15) is 0 Å². The van der Waals surface area contributed by atoms with Crippen molar-refractivity contribution in [3.05, 3.63) is 64.7 Å². The van der Waals surface area contributed by atoms with Gasteiger partial charge >= 0.3 is 0 Å². The number of aryl methyl sites for hydroxylation is 3. The van der Waals surface area contributed by atoms with Crippen molar-refractivity contribution in [2.75, 3.05) is 5.32 Å². The molecule has 0 bridgehead atoms. The molecule has 5 nitrogen and oxygen atoms in total. The van der Waals surface area contributed by atoms with Crippen molar-refractivity contribution >= 4 is 23.7 Å². The zero-order chi connectivity index (χ0) is 18.2. The minimum absolute atomic E-state index is 0.0852. The van der Waals surface area contributed by atoms with Gasteiger partial charge in [-0.25, -0.2) is 5.43 Å². The van der Waals surface area contributed by atoms with Gasteiger partial charge in [0.05, 0.1) is 6.21 Å². The first-order valence-electron chi connectivity index (χ1n) is 8.20. The molecule has 0 aliphatic rings. The van der Waals surface area contributed by atoms with Crippen molar-refractivity contribution in [3.63, 3.8) is 0 Å². The van der Waals surface area contributed by atoms with E-state index in [1.807, 2.05) is 39.0 Å². The lowest BCUT2D eigenvalue weighted by atomic mass is 10.0. The summed E-state index contributed by atoms with van der Waals surface area (Å²) in [6.07, 6.45) is 1.84. The Morgan fingerprint density at radius 3 is 2.20 bits per heavy atom. The molecule has 0 unspecified atom stereocenters. The Morgan fingerprint density at radius 2 is 1.56 bits per heavy atom. The fourth-order valence-corrected chi connectivity index (χ4v) is 2.59. The summed E-state index contributed by atoms with van der Waals surface area (Å²) in [6, 6.07) is 13.3. The number of hydrogen-bond acceptors (Lipinski definition) is 3. The predicted molar refractivity (Wildman–Crippen MR) is 101 cm³/mol. The van der Waals surface area contributed by atoms with Crippen LogP contribution in [0.3, 0.4) is 0 Å². The number of carbonyl (C=O) groups is 2. The van der Waals surface area contributed by atoms with Crippen molar-refractivity contribution in [3.8, 4) is 0 Å². The summed E-state index contributed by atoms with van der Waals surface area (Å²) in [5, 5.41) is 6.74. The molecule has 0 saturated heterocycles. The lowest BCUT2D eigenvalue weighted by Gasteiger charge is -2.07. The third-order valence-corrected chi connectivity index (χ3v) is 3.76. The van der Waals surface area contributed by atoms with Crippen LogP contribution in [0.5, 0.6) is 0 Å². The Kier molecular flexibility index (Phi) is 6.46. The van der Waals surface area contributed by atoms with Crippen LogP contribution in [0.25, 0.3) is 0 Å². The van der Waals surface area contributed by atoms with Crippen LogP contribution < -0.4 is 10.7 Å². The van der Waals surface area contributed by atoms with E-state index in [1.54, 1.807) is 18.3 Å². The maximum absolute atomic E-state index is 11.8. The molecule has 25 heavy (non-hydrogen) atoms. The van der Waals surface area contributed by atoms with Gasteiger partial charge in [-0.1, -0.05) is 35.9 Å². The molecule has 2 aromatic carbocycles. The first-order valence-corrected chi connectivity index (χ1v) is 8.20. The van der Waals surface area contributed by atoms with Crippen LogP contribution in [0.1, 0.15) is 35.1 Å².